The highest BCUT2D eigenvalue weighted by Crippen LogP contribution is 2.11. The Hall–Kier alpha value is -2.14. The first kappa shape index (κ1) is 16.2. The molecule has 0 saturated heterocycles. The second-order valence-corrected chi connectivity index (χ2v) is 6.17. The zero-order chi connectivity index (χ0) is 16.3. The fourth-order valence-corrected chi connectivity index (χ4v) is 2.52. The van der Waals surface area contributed by atoms with Crippen molar-refractivity contribution in [2.24, 2.45) is 11.7 Å². The van der Waals surface area contributed by atoms with Crippen LogP contribution in [0.5, 0.6) is 0 Å². The number of aromatic nitrogens is 1. The minimum atomic E-state index is -0.391. The van der Waals surface area contributed by atoms with Crippen LogP contribution < -0.4 is 16.5 Å². The maximum atomic E-state index is 12.2. The van der Waals surface area contributed by atoms with E-state index < -0.39 is 6.04 Å². The molecule has 0 unspecified atom stereocenters. The topological polar surface area (TPSA) is 88.0 Å². The highest BCUT2D eigenvalue weighted by atomic mass is 16.1. The standard InChI is InChI=1S/C17H23N3O2/c1-10(2)6-15(17(18)22)19-9-12-8-16(21)13-7-11(3)4-5-14(13)20-12/h4-5,7-8,10,15,19H,6,9H2,1-3H3,(H2,18,22)(H,20,21)/t15-/m0/s1. The largest absolute Gasteiger partial charge is 0.368 e. The molecular formula is C17H23N3O2. The summed E-state index contributed by atoms with van der Waals surface area (Å²) in [6.07, 6.45) is 0.673. The van der Waals surface area contributed by atoms with Gasteiger partial charge in [-0.1, -0.05) is 25.5 Å². The summed E-state index contributed by atoms with van der Waals surface area (Å²) >= 11 is 0. The quantitative estimate of drug-likeness (QED) is 0.760. The third kappa shape index (κ3) is 3.95. The van der Waals surface area contributed by atoms with Gasteiger partial charge in [0.15, 0.2) is 5.43 Å². The summed E-state index contributed by atoms with van der Waals surface area (Å²) in [7, 11) is 0. The normalized spacial score (nSPS) is 12.7. The van der Waals surface area contributed by atoms with Crippen molar-refractivity contribution in [3.05, 3.63) is 45.7 Å². The summed E-state index contributed by atoms with van der Waals surface area (Å²) in [4.78, 5) is 26.9. The molecule has 1 amide bonds. The van der Waals surface area contributed by atoms with E-state index in [9.17, 15) is 9.59 Å². The van der Waals surface area contributed by atoms with Crippen molar-refractivity contribution in [2.45, 2.75) is 39.8 Å². The Morgan fingerprint density at radius 3 is 2.68 bits per heavy atom. The molecule has 0 radical (unpaired) electrons. The minimum Gasteiger partial charge on any atom is -0.368 e. The number of carbonyl (C=O) groups excluding carboxylic acids is 1. The summed E-state index contributed by atoms with van der Waals surface area (Å²) < 4.78 is 0. The van der Waals surface area contributed by atoms with Crippen molar-refractivity contribution in [2.75, 3.05) is 0 Å². The number of pyridine rings is 1. The van der Waals surface area contributed by atoms with Gasteiger partial charge in [-0.3, -0.25) is 9.59 Å². The average molecular weight is 301 g/mol. The van der Waals surface area contributed by atoms with E-state index in [1.165, 1.54) is 0 Å². The first-order valence-electron chi connectivity index (χ1n) is 7.52. The first-order valence-corrected chi connectivity index (χ1v) is 7.52. The molecule has 1 atom stereocenters. The molecule has 0 spiro atoms. The molecule has 2 aromatic rings. The molecule has 1 heterocycles. The van der Waals surface area contributed by atoms with Gasteiger partial charge >= 0.3 is 0 Å². The summed E-state index contributed by atoms with van der Waals surface area (Å²) in [5, 5.41) is 3.80. The van der Waals surface area contributed by atoms with Gasteiger partial charge in [-0.15, -0.1) is 0 Å². The Labute approximate surface area is 129 Å². The van der Waals surface area contributed by atoms with Crippen LogP contribution in [0, 0.1) is 12.8 Å². The van der Waals surface area contributed by atoms with Crippen LogP contribution >= 0.6 is 0 Å². The summed E-state index contributed by atoms with van der Waals surface area (Å²) in [6, 6.07) is 6.91. The lowest BCUT2D eigenvalue weighted by molar-refractivity contribution is -0.120. The monoisotopic (exact) mass is 301 g/mol. The van der Waals surface area contributed by atoms with Gasteiger partial charge in [0.1, 0.15) is 0 Å². The maximum Gasteiger partial charge on any atom is 0.234 e. The van der Waals surface area contributed by atoms with E-state index in [0.29, 0.717) is 24.3 Å². The van der Waals surface area contributed by atoms with Crippen LogP contribution in [0.15, 0.2) is 29.1 Å². The van der Waals surface area contributed by atoms with Gasteiger partial charge in [0.05, 0.1) is 6.04 Å². The fourth-order valence-electron chi connectivity index (χ4n) is 2.52. The Kier molecular flexibility index (Phi) is 4.98. The van der Waals surface area contributed by atoms with Crippen LogP contribution in [-0.2, 0) is 11.3 Å². The number of H-pyrrole nitrogens is 1. The van der Waals surface area contributed by atoms with Crippen molar-refractivity contribution >= 4 is 16.8 Å². The maximum absolute atomic E-state index is 12.2. The number of rotatable bonds is 6. The molecule has 0 bridgehead atoms. The molecule has 5 heteroatoms. The number of carbonyl (C=O) groups is 1. The molecular weight excluding hydrogens is 278 g/mol. The van der Waals surface area contributed by atoms with Gasteiger partial charge in [-0.25, -0.2) is 0 Å². The molecule has 0 aliphatic heterocycles. The van der Waals surface area contributed by atoms with Crippen LogP contribution in [0.3, 0.4) is 0 Å². The third-order valence-electron chi connectivity index (χ3n) is 3.63. The van der Waals surface area contributed by atoms with E-state index in [2.05, 4.69) is 10.3 Å². The molecule has 5 nitrogen and oxygen atoms in total. The lowest BCUT2D eigenvalue weighted by atomic mass is 10.0. The molecule has 4 N–H and O–H groups in total. The molecule has 1 aromatic heterocycles. The molecule has 1 aromatic carbocycles. The number of fused-ring (bicyclic) bond motifs is 1. The summed E-state index contributed by atoms with van der Waals surface area (Å²) in [5.74, 6) is -0.00362. The average Bonchev–Trinajstić information content (AvgIpc) is 2.43. The lowest BCUT2D eigenvalue weighted by Crippen LogP contribution is -2.42. The highest BCUT2D eigenvalue weighted by molar-refractivity contribution is 5.80. The number of hydrogen-bond donors (Lipinski definition) is 3. The van der Waals surface area contributed by atoms with Crippen LogP contribution in [0.2, 0.25) is 0 Å². The Morgan fingerprint density at radius 1 is 1.32 bits per heavy atom. The van der Waals surface area contributed by atoms with E-state index >= 15 is 0 Å². The zero-order valence-electron chi connectivity index (χ0n) is 13.3. The van der Waals surface area contributed by atoms with E-state index in [1.54, 1.807) is 6.07 Å². The highest BCUT2D eigenvalue weighted by Gasteiger charge is 2.16. The van der Waals surface area contributed by atoms with Crippen LogP contribution in [0.25, 0.3) is 10.9 Å². The molecule has 0 aliphatic rings. The molecule has 2 rings (SSSR count). The molecule has 0 fully saturated rings. The number of nitrogens with two attached hydrogens (primary N) is 1. The number of benzene rings is 1. The van der Waals surface area contributed by atoms with Gasteiger partial charge in [0, 0.05) is 29.2 Å². The van der Waals surface area contributed by atoms with Gasteiger partial charge in [0.25, 0.3) is 0 Å². The van der Waals surface area contributed by atoms with E-state index in [0.717, 1.165) is 16.8 Å². The van der Waals surface area contributed by atoms with E-state index in [1.807, 2.05) is 39.0 Å². The van der Waals surface area contributed by atoms with Crippen LogP contribution in [0.1, 0.15) is 31.5 Å². The third-order valence-corrected chi connectivity index (χ3v) is 3.63. The molecule has 22 heavy (non-hydrogen) atoms. The number of primary amides is 1. The summed E-state index contributed by atoms with van der Waals surface area (Å²) in [5.41, 5.74) is 7.99. The van der Waals surface area contributed by atoms with Crippen molar-refractivity contribution in [3.8, 4) is 0 Å². The van der Waals surface area contributed by atoms with Crippen molar-refractivity contribution in [1.29, 1.82) is 0 Å². The van der Waals surface area contributed by atoms with Crippen molar-refractivity contribution in [1.82, 2.24) is 10.3 Å². The lowest BCUT2D eigenvalue weighted by Gasteiger charge is -2.17. The van der Waals surface area contributed by atoms with Crippen molar-refractivity contribution < 1.29 is 4.79 Å². The van der Waals surface area contributed by atoms with Gasteiger partial charge in [-0.2, -0.15) is 0 Å². The van der Waals surface area contributed by atoms with Gasteiger partial charge in [-0.05, 0) is 31.4 Å². The number of aromatic amines is 1. The zero-order valence-corrected chi connectivity index (χ0v) is 13.3. The van der Waals surface area contributed by atoms with E-state index in [-0.39, 0.29) is 11.3 Å². The smallest absolute Gasteiger partial charge is 0.234 e. The molecule has 0 saturated carbocycles. The van der Waals surface area contributed by atoms with E-state index in [4.69, 9.17) is 5.73 Å². The van der Waals surface area contributed by atoms with Crippen LogP contribution in [0.4, 0.5) is 0 Å². The predicted octanol–water partition coefficient (Wildman–Crippen LogP) is 1.83. The number of aryl methyl sites for hydroxylation is 1. The SMILES string of the molecule is Cc1ccc2[nH]c(CN[C@@H](CC(C)C)C(N)=O)cc(=O)c2c1. The second-order valence-electron chi connectivity index (χ2n) is 6.17. The van der Waals surface area contributed by atoms with Gasteiger partial charge < -0.3 is 16.0 Å². The van der Waals surface area contributed by atoms with Crippen LogP contribution in [-0.4, -0.2) is 16.9 Å². The predicted molar refractivity (Wildman–Crippen MR) is 88.6 cm³/mol. The Balaban J connectivity index is 2.19. The first-order chi connectivity index (χ1) is 10.4. The Bertz CT molecular complexity index is 734. The number of hydrogen-bond acceptors (Lipinski definition) is 3. The number of nitrogens with one attached hydrogen (secondary N) is 2. The Morgan fingerprint density at radius 2 is 2.05 bits per heavy atom. The van der Waals surface area contributed by atoms with Gasteiger partial charge in [0.2, 0.25) is 5.91 Å². The number of amides is 1. The second kappa shape index (κ2) is 6.75. The molecule has 118 valence electrons. The molecule has 0 aliphatic carbocycles. The fraction of sp³-hybridized carbons (Fsp3) is 0.412. The minimum absolute atomic E-state index is 0.0197. The van der Waals surface area contributed by atoms with Crippen molar-refractivity contribution in [3.63, 3.8) is 0 Å². The summed E-state index contributed by atoms with van der Waals surface area (Å²) in [6.45, 7) is 6.44.